The summed E-state index contributed by atoms with van der Waals surface area (Å²) in [4.78, 5) is 28.0. The van der Waals surface area contributed by atoms with Crippen molar-refractivity contribution in [3.05, 3.63) is 82.4 Å². The molecule has 40 heavy (non-hydrogen) atoms. The van der Waals surface area contributed by atoms with Crippen LogP contribution in [-0.2, 0) is 11.3 Å². The Labute approximate surface area is 231 Å². The van der Waals surface area contributed by atoms with Gasteiger partial charge in [-0.15, -0.1) is 0 Å². The van der Waals surface area contributed by atoms with Gasteiger partial charge in [0.15, 0.2) is 0 Å². The molecule has 0 radical (unpaired) electrons. The van der Waals surface area contributed by atoms with Crippen molar-refractivity contribution in [3.8, 4) is 16.9 Å². The third kappa shape index (κ3) is 5.38. The van der Waals surface area contributed by atoms with E-state index in [-0.39, 0.29) is 5.56 Å². The zero-order valence-electron chi connectivity index (χ0n) is 22.8. The van der Waals surface area contributed by atoms with Gasteiger partial charge in [-0.3, -0.25) is 9.80 Å². The summed E-state index contributed by atoms with van der Waals surface area (Å²) in [6.07, 6.45) is 0.797. The number of carboxylic acids is 1. The maximum atomic E-state index is 14.8. The molecule has 2 aliphatic rings. The second kappa shape index (κ2) is 10.9. The first kappa shape index (κ1) is 27.6. The van der Waals surface area contributed by atoms with Crippen molar-refractivity contribution >= 4 is 17.7 Å². The highest BCUT2D eigenvalue weighted by atomic mass is 19.1. The molecule has 3 aromatic carbocycles. The quantitative estimate of drug-likeness (QED) is 0.370. The minimum atomic E-state index is -1.02. The van der Waals surface area contributed by atoms with Gasteiger partial charge in [0.1, 0.15) is 23.0 Å². The number of anilines is 1. The van der Waals surface area contributed by atoms with Gasteiger partial charge in [-0.2, -0.15) is 0 Å². The molecule has 1 N–H and O–H groups in total. The molecule has 5 rings (SSSR count). The van der Waals surface area contributed by atoms with Gasteiger partial charge in [0, 0.05) is 44.1 Å². The monoisotopic (exact) mass is 550 g/mol. The van der Waals surface area contributed by atoms with Crippen LogP contribution in [0.2, 0.25) is 0 Å². The summed E-state index contributed by atoms with van der Waals surface area (Å²) in [5, 5.41) is 9.26. The number of piperidine rings is 1. The number of ether oxygens (including phenoxy) is 2. The summed E-state index contributed by atoms with van der Waals surface area (Å²) >= 11 is 0. The normalized spacial score (nSPS) is 16.8. The topological polar surface area (TPSA) is 79.3 Å². The Kier molecular flexibility index (Phi) is 7.51. The van der Waals surface area contributed by atoms with Gasteiger partial charge in [0.2, 0.25) is 0 Å². The minimum absolute atomic E-state index is 0.167. The number of amides is 1. The van der Waals surface area contributed by atoms with E-state index in [2.05, 4.69) is 4.90 Å². The van der Waals surface area contributed by atoms with E-state index in [4.69, 9.17) is 9.47 Å². The largest absolute Gasteiger partial charge is 0.494 e. The lowest BCUT2D eigenvalue weighted by Crippen LogP contribution is -2.46. The van der Waals surface area contributed by atoms with Crippen LogP contribution in [0.1, 0.15) is 46.8 Å². The molecule has 210 valence electrons. The van der Waals surface area contributed by atoms with Gasteiger partial charge < -0.3 is 14.6 Å². The number of aromatic carboxylic acids is 1. The molecular formula is C31H32F2N2O5. The summed E-state index contributed by atoms with van der Waals surface area (Å²) in [6.45, 7) is 8.31. The summed E-state index contributed by atoms with van der Waals surface area (Å²) in [5.41, 5.74) is 3.63. The zero-order chi connectivity index (χ0) is 28.6. The summed E-state index contributed by atoms with van der Waals surface area (Å²) < 4.78 is 40.2. The average molecular weight is 551 g/mol. The molecular weight excluding hydrogens is 518 g/mol. The minimum Gasteiger partial charge on any atom is -0.494 e. The second-order valence-electron chi connectivity index (χ2n) is 10.6. The number of likely N-dealkylation sites (tertiary alicyclic amines) is 1. The molecule has 2 fully saturated rings. The van der Waals surface area contributed by atoms with Crippen molar-refractivity contribution in [2.45, 2.75) is 45.8 Å². The van der Waals surface area contributed by atoms with Gasteiger partial charge in [-0.1, -0.05) is 0 Å². The predicted octanol–water partition coefficient (Wildman–Crippen LogP) is 6.34. The lowest BCUT2D eigenvalue weighted by atomic mass is 9.90. The van der Waals surface area contributed by atoms with Crippen LogP contribution in [0.15, 0.2) is 48.5 Å². The van der Waals surface area contributed by atoms with E-state index in [1.54, 1.807) is 24.0 Å². The maximum absolute atomic E-state index is 14.8. The highest BCUT2D eigenvalue weighted by molar-refractivity contribution is 5.93. The Morgan fingerprint density at radius 3 is 2.42 bits per heavy atom. The SMILES string of the molecule is CCOc1cc(CN2CCC3(CC2)CN(c2ccc(C(=O)O)cc2C)C(=O)O3)c(-c2ccc(F)cc2F)cc1C. The van der Waals surface area contributed by atoms with E-state index in [0.29, 0.717) is 68.0 Å². The molecule has 1 spiro atoms. The van der Waals surface area contributed by atoms with Crippen molar-refractivity contribution in [1.29, 1.82) is 0 Å². The lowest BCUT2D eigenvalue weighted by Gasteiger charge is -2.37. The fourth-order valence-corrected chi connectivity index (χ4v) is 5.65. The molecule has 2 aliphatic heterocycles. The van der Waals surface area contributed by atoms with Crippen molar-refractivity contribution < 1.29 is 33.0 Å². The second-order valence-corrected chi connectivity index (χ2v) is 10.6. The number of hydrogen-bond donors (Lipinski definition) is 1. The number of aryl methyl sites for hydroxylation is 2. The standard InChI is InChI=1S/C31H32F2N2O5/c1-4-39-28-15-22(25(14-20(28)3)24-7-6-23(32)16-26(24)33)17-34-11-9-31(10-12-34)18-35(30(38)40-31)27-8-5-21(29(36)37)13-19(27)2/h5-8,13-16H,4,9-12,17-18H2,1-3H3,(H,36,37). The van der Waals surface area contributed by atoms with Gasteiger partial charge in [0.25, 0.3) is 0 Å². The summed E-state index contributed by atoms with van der Waals surface area (Å²) in [5.74, 6) is -1.54. The van der Waals surface area contributed by atoms with Crippen LogP contribution >= 0.6 is 0 Å². The fourth-order valence-electron chi connectivity index (χ4n) is 5.65. The van der Waals surface area contributed by atoms with Crippen LogP contribution in [0.25, 0.3) is 11.1 Å². The Balaban J connectivity index is 1.34. The molecule has 9 heteroatoms. The van der Waals surface area contributed by atoms with Crippen LogP contribution in [-0.4, -0.2) is 53.9 Å². The first-order valence-electron chi connectivity index (χ1n) is 13.4. The van der Waals surface area contributed by atoms with Crippen LogP contribution in [0.3, 0.4) is 0 Å². The smallest absolute Gasteiger partial charge is 0.415 e. The molecule has 1 amide bonds. The van der Waals surface area contributed by atoms with E-state index in [1.807, 2.05) is 26.0 Å². The number of carbonyl (C=O) groups excluding carboxylic acids is 1. The van der Waals surface area contributed by atoms with E-state index in [1.165, 1.54) is 18.2 Å². The van der Waals surface area contributed by atoms with E-state index >= 15 is 0 Å². The number of hydrogen-bond acceptors (Lipinski definition) is 5. The van der Waals surface area contributed by atoms with Gasteiger partial charge >= 0.3 is 12.1 Å². The van der Waals surface area contributed by atoms with Crippen LogP contribution < -0.4 is 9.64 Å². The Bertz CT molecular complexity index is 1470. The molecule has 2 saturated heterocycles. The first-order chi connectivity index (χ1) is 19.1. The van der Waals surface area contributed by atoms with Crippen molar-refractivity contribution in [1.82, 2.24) is 4.90 Å². The van der Waals surface area contributed by atoms with Crippen molar-refractivity contribution in [2.75, 3.05) is 31.1 Å². The van der Waals surface area contributed by atoms with Gasteiger partial charge in [-0.25, -0.2) is 18.4 Å². The predicted molar refractivity (Wildman–Crippen MR) is 147 cm³/mol. The number of halogens is 2. The summed E-state index contributed by atoms with van der Waals surface area (Å²) in [7, 11) is 0. The molecule has 3 aromatic rings. The van der Waals surface area contributed by atoms with Gasteiger partial charge in [0.05, 0.1) is 24.4 Å². The van der Waals surface area contributed by atoms with E-state index in [9.17, 15) is 23.5 Å². The molecule has 2 heterocycles. The number of carboxylic acid groups (broad SMARTS) is 1. The summed E-state index contributed by atoms with van der Waals surface area (Å²) in [6, 6.07) is 12.1. The average Bonchev–Trinajstić information content (AvgIpc) is 3.22. The molecule has 7 nitrogen and oxygen atoms in total. The molecule has 0 atom stereocenters. The molecule has 0 unspecified atom stereocenters. The first-order valence-corrected chi connectivity index (χ1v) is 13.4. The van der Waals surface area contributed by atoms with Crippen LogP contribution in [0.4, 0.5) is 19.3 Å². The van der Waals surface area contributed by atoms with E-state index < -0.39 is 29.3 Å². The number of carbonyl (C=O) groups is 2. The number of rotatable bonds is 7. The Morgan fingerprint density at radius 2 is 1.77 bits per heavy atom. The third-order valence-corrected chi connectivity index (χ3v) is 7.79. The van der Waals surface area contributed by atoms with Crippen LogP contribution in [0, 0.1) is 25.5 Å². The lowest BCUT2D eigenvalue weighted by molar-refractivity contribution is -0.000959. The number of nitrogens with zero attached hydrogens (tertiary/aromatic N) is 2. The van der Waals surface area contributed by atoms with Crippen molar-refractivity contribution in [2.24, 2.45) is 0 Å². The fraction of sp³-hybridized carbons (Fsp3) is 0.355. The highest BCUT2D eigenvalue weighted by Crippen LogP contribution is 2.39. The molecule has 0 aromatic heterocycles. The third-order valence-electron chi connectivity index (χ3n) is 7.79. The van der Waals surface area contributed by atoms with Gasteiger partial charge in [-0.05, 0) is 85.5 Å². The molecule has 0 bridgehead atoms. The van der Waals surface area contributed by atoms with E-state index in [0.717, 1.165) is 22.9 Å². The van der Waals surface area contributed by atoms with Crippen LogP contribution in [0.5, 0.6) is 5.75 Å². The molecule has 0 saturated carbocycles. The highest BCUT2D eigenvalue weighted by Gasteiger charge is 2.47. The number of benzene rings is 3. The Morgan fingerprint density at radius 1 is 1.02 bits per heavy atom. The molecule has 0 aliphatic carbocycles. The zero-order valence-corrected chi connectivity index (χ0v) is 22.8. The van der Waals surface area contributed by atoms with Crippen molar-refractivity contribution in [3.63, 3.8) is 0 Å². The Hall–Kier alpha value is -3.98. The maximum Gasteiger partial charge on any atom is 0.415 e.